The third-order valence-corrected chi connectivity index (χ3v) is 12.4. The number of esters is 1. The Kier molecular flexibility index (Phi) is 15.2. The molecule has 18 heteroatoms. The number of benzene rings is 2. The van der Waals surface area contributed by atoms with Crippen molar-refractivity contribution in [2.45, 2.75) is 108 Å². The number of ketones is 1. The number of rotatable bonds is 8. The minimum atomic E-state index is -1.66. The van der Waals surface area contributed by atoms with Crippen molar-refractivity contribution in [1.29, 1.82) is 0 Å². The van der Waals surface area contributed by atoms with Crippen LogP contribution in [0.5, 0.6) is 5.75 Å². The number of piperidine rings is 1. The summed E-state index contributed by atoms with van der Waals surface area (Å²) in [5.74, 6) is -6.04. The summed E-state index contributed by atoms with van der Waals surface area (Å²) in [4.78, 5) is 120. The number of likely N-dealkylation sites (N-methyl/N-ethyl adjacent to an activating group) is 1. The van der Waals surface area contributed by atoms with Crippen LogP contribution in [0.25, 0.3) is 0 Å². The van der Waals surface area contributed by atoms with E-state index in [0.29, 0.717) is 12.0 Å². The van der Waals surface area contributed by atoms with Gasteiger partial charge in [0.05, 0.1) is 0 Å². The molecule has 3 saturated heterocycles. The van der Waals surface area contributed by atoms with E-state index < -0.39 is 83.8 Å². The number of fused-ring (bicyclic) bond motifs is 2. The molecule has 1 aromatic heterocycles. The van der Waals surface area contributed by atoms with Gasteiger partial charge in [-0.25, -0.2) is 4.79 Å². The van der Waals surface area contributed by atoms with Crippen molar-refractivity contribution < 1.29 is 52.8 Å². The number of hydrogen-bond donors (Lipinski definition) is 4. The maximum atomic E-state index is 15.0. The lowest BCUT2D eigenvalue weighted by Crippen LogP contribution is -2.61. The number of aromatic nitrogens is 1. The van der Waals surface area contributed by atoms with Gasteiger partial charge in [0.25, 0.3) is 0 Å². The molecule has 346 valence electrons. The van der Waals surface area contributed by atoms with Crippen LogP contribution in [-0.4, -0.2) is 138 Å². The van der Waals surface area contributed by atoms with Gasteiger partial charge in [0, 0.05) is 65.2 Å². The Morgan fingerprint density at radius 3 is 2.22 bits per heavy atom. The van der Waals surface area contributed by atoms with Crippen molar-refractivity contribution in [1.82, 2.24) is 30.7 Å². The Balaban J connectivity index is 1.44. The molecule has 0 saturated carbocycles. The molecule has 0 aliphatic carbocycles. The highest BCUT2D eigenvalue weighted by Crippen LogP contribution is 2.27. The number of aryl methyl sites for hydroxylation is 1. The standard InChI is InChI=1S/C47H58N8O10/c1-7-33-44(61)54-24-12-16-34(54)45(62)52(6)36(26-29-18-20-31(21-19-29)51(4)5)46(63)55-25-22-32(56)27-35(55)41(58)50-39(30-14-10-9-11-15-30)47(64)65-28(3)38(42(59)48-33)49-43(60)40-37(57)17-13-23-53(40)8-2/h9-11,13-15,17-21,23,28,33-36,38-39H,7-8,12,16,22,24-27H2,1-6H3,(H3-,48,49,50,57,58,59,60)/p+1/t28-,33-,34-,35-,36-,38-,39+/m0/s1. The van der Waals surface area contributed by atoms with Crippen LogP contribution < -0.4 is 25.4 Å². The summed E-state index contributed by atoms with van der Waals surface area (Å²) in [6, 6.07) is 10.4. The van der Waals surface area contributed by atoms with E-state index in [1.165, 1.54) is 45.4 Å². The van der Waals surface area contributed by atoms with Gasteiger partial charge in [0.15, 0.2) is 18.0 Å². The number of Topliss-reactive ketones (excluding diaryl/α,β-unsaturated/α-hetero) is 1. The van der Waals surface area contributed by atoms with E-state index in [1.807, 2.05) is 43.3 Å². The molecule has 2 aromatic carbocycles. The van der Waals surface area contributed by atoms with Crippen LogP contribution in [0.15, 0.2) is 72.9 Å². The first kappa shape index (κ1) is 47.6. The summed E-state index contributed by atoms with van der Waals surface area (Å²) in [6.45, 7) is 5.09. The van der Waals surface area contributed by atoms with Gasteiger partial charge < -0.3 is 45.4 Å². The van der Waals surface area contributed by atoms with Gasteiger partial charge in [-0.2, -0.15) is 4.57 Å². The second kappa shape index (κ2) is 20.8. The molecular weight excluding hydrogens is 837 g/mol. The summed E-state index contributed by atoms with van der Waals surface area (Å²) < 4.78 is 7.38. The van der Waals surface area contributed by atoms with Gasteiger partial charge in [-0.15, -0.1) is 0 Å². The fourth-order valence-electron chi connectivity index (χ4n) is 8.67. The minimum absolute atomic E-state index is 0.0326. The number of nitrogens with zero attached hydrogens (tertiary/aromatic N) is 5. The Morgan fingerprint density at radius 1 is 0.862 bits per heavy atom. The molecule has 18 nitrogen and oxygen atoms in total. The zero-order chi connectivity index (χ0) is 47.1. The summed E-state index contributed by atoms with van der Waals surface area (Å²) in [6.07, 6.45) is 0.520. The second-order valence-corrected chi connectivity index (χ2v) is 16.9. The number of nitrogens with one attached hydrogen (secondary N) is 3. The summed E-state index contributed by atoms with van der Waals surface area (Å²) in [7, 11) is 5.26. The number of cyclic esters (lactones) is 1. The lowest BCUT2D eigenvalue weighted by Gasteiger charge is -2.40. The lowest BCUT2D eigenvalue weighted by molar-refractivity contribution is -0.695. The SMILES string of the molecule is CC[C@@H]1NC(=O)[C@@H](NC(=O)c2c(O)ccc[n+]2CC)[C@H](C)OC(=O)[C@@H](c2ccccc2)NC(=O)[C@@H]2CC(=O)CCN2C(=O)[C@H](Cc2ccc(N(C)C)cc2)N(C)C(=O)[C@@H]2CCCN2C1=O. The molecule has 0 bridgehead atoms. The Labute approximate surface area is 378 Å². The zero-order valence-electron chi connectivity index (χ0n) is 37.7. The molecule has 0 unspecified atom stereocenters. The molecule has 0 spiro atoms. The van der Waals surface area contributed by atoms with E-state index in [0.717, 1.165) is 5.69 Å². The first-order valence-electron chi connectivity index (χ1n) is 22.1. The Bertz CT molecular complexity index is 2290. The molecule has 3 aliphatic rings. The maximum absolute atomic E-state index is 15.0. The third-order valence-electron chi connectivity index (χ3n) is 12.4. The molecule has 6 rings (SSSR count). The van der Waals surface area contributed by atoms with Crippen molar-refractivity contribution >= 4 is 52.9 Å². The summed E-state index contributed by atoms with van der Waals surface area (Å²) >= 11 is 0. The molecule has 3 aromatic rings. The number of hydrogen-bond acceptors (Lipinski definition) is 11. The largest absolute Gasteiger partial charge is 0.502 e. The molecule has 3 aliphatic heterocycles. The molecule has 4 N–H and O–H groups in total. The predicted octanol–water partition coefficient (Wildman–Crippen LogP) is 1.18. The summed E-state index contributed by atoms with van der Waals surface area (Å²) in [5.41, 5.74) is 1.71. The van der Waals surface area contributed by atoms with E-state index in [-0.39, 0.29) is 74.5 Å². The number of amides is 6. The monoisotopic (exact) mass is 895 g/mol. The van der Waals surface area contributed by atoms with Gasteiger partial charge in [-0.1, -0.05) is 49.4 Å². The van der Waals surface area contributed by atoms with Crippen molar-refractivity contribution in [3.8, 4) is 5.75 Å². The molecule has 7 atom stereocenters. The first-order chi connectivity index (χ1) is 31.0. The molecule has 0 radical (unpaired) electrons. The van der Waals surface area contributed by atoms with Gasteiger partial charge in [0.2, 0.25) is 29.5 Å². The highest BCUT2D eigenvalue weighted by molar-refractivity contribution is 6.01. The lowest BCUT2D eigenvalue weighted by atomic mass is 9.95. The number of aromatic hydroxyl groups is 1. The first-order valence-corrected chi connectivity index (χ1v) is 22.1. The number of carbonyl (C=O) groups excluding carboxylic acids is 8. The van der Waals surface area contributed by atoms with Gasteiger partial charge in [-0.05, 0) is 62.4 Å². The highest BCUT2D eigenvalue weighted by atomic mass is 16.5. The van der Waals surface area contributed by atoms with Crippen LogP contribution in [0.1, 0.15) is 80.5 Å². The van der Waals surface area contributed by atoms with E-state index in [1.54, 1.807) is 50.4 Å². The van der Waals surface area contributed by atoms with Crippen LogP contribution in [0.3, 0.4) is 0 Å². The zero-order valence-corrected chi connectivity index (χ0v) is 37.7. The average molecular weight is 896 g/mol. The van der Waals surface area contributed by atoms with Gasteiger partial charge >= 0.3 is 17.6 Å². The Morgan fingerprint density at radius 2 is 1.55 bits per heavy atom. The minimum Gasteiger partial charge on any atom is -0.502 e. The number of anilines is 1. The van der Waals surface area contributed by atoms with E-state index >= 15 is 4.79 Å². The van der Waals surface area contributed by atoms with Crippen LogP contribution >= 0.6 is 0 Å². The maximum Gasteiger partial charge on any atom is 0.333 e. The van der Waals surface area contributed by atoms with Crippen LogP contribution in [-0.2, 0) is 51.3 Å². The van der Waals surface area contributed by atoms with Crippen molar-refractivity contribution in [3.63, 3.8) is 0 Å². The third kappa shape index (κ3) is 10.6. The van der Waals surface area contributed by atoms with E-state index in [4.69, 9.17) is 4.74 Å². The number of pyridine rings is 1. The van der Waals surface area contributed by atoms with Crippen LogP contribution in [0, 0.1) is 0 Å². The topological polar surface area (TPSA) is 219 Å². The van der Waals surface area contributed by atoms with Gasteiger partial charge in [-0.3, -0.25) is 33.6 Å². The van der Waals surface area contributed by atoms with Crippen LogP contribution in [0.4, 0.5) is 5.69 Å². The van der Waals surface area contributed by atoms with Crippen molar-refractivity contribution in [2.24, 2.45) is 0 Å². The number of carbonyl (C=O) groups is 8. The van der Waals surface area contributed by atoms with E-state index in [9.17, 15) is 38.7 Å². The Hall–Kier alpha value is -6.85. The molecule has 6 amide bonds. The molecule has 4 heterocycles. The van der Waals surface area contributed by atoms with Crippen molar-refractivity contribution in [3.05, 3.63) is 89.7 Å². The number of ether oxygens (including phenoxy) is 1. The summed E-state index contributed by atoms with van der Waals surface area (Å²) in [5, 5.41) is 18.8. The fourth-order valence-corrected chi connectivity index (χ4v) is 8.67. The van der Waals surface area contributed by atoms with Crippen LogP contribution in [0.2, 0.25) is 0 Å². The predicted molar refractivity (Wildman–Crippen MR) is 236 cm³/mol. The van der Waals surface area contributed by atoms with E-state index in [2.05, 4.69) is 16.0 Å². The molecular formula is C47H59N8O10+. The highest BCUT2D eigenvalue weighted by Gasteiger charge is 2.46. The fraction of sp³-hybridized carbons (Fsp3) is 0.468. The second-order valence-electron chi connectivity index (χ2n) is 16.9. The molecule has 3 fully saturated rings. The normalized spacial score (nSPS) is 25.0. The van der Waals surface area contributed by atoms with Gasteiger partial charge in [0.1, 0.15) is 48.6 Å². The van der Waals surface area contributed by atoms with Crippen molar-refractivity contribution in [2.75, 3.05) is 39.1 Å². The quantitative estimate of drug-likeness (QED) is 0.186. The molecule has 65 heavy (non-hydrogen) atoms. The smallest absolute Gasteiger partial charge is 0.333 e. The average Bonchev–Trinajstić information content (AvgIpc) is 3.80.